The number of nitrogens with one attached hydrogen (secondary N) is 1. The van der Waals surface area contributed by atoms with Gasteiger partial charge in [0, 0.05) is 37.3 Å². The number of hydrogen-bond acceptors (Lipinski definition) is 5. The highest BCUT2D eigenvalue weighted by molar-refractivity contribution is 5.91. The number of anilines is 1. The van der Waals surface area contributed by atoms with E-state index in [-0.39, 0.29) is 29.5 Å². The average molecular weight is 539 g/mol. The zero-order chi connectivity index (χ0) is 28.7. The van der Waals surface area contributed by atoms with Crippen LogP contribution in [0.3, 0.4) is 0 Å². The molecule has 6 nitrogen and oxygen atoms in total. The average Bonchev–Trinajstić information content (AvgIpc) is 2.92. The summed E-state index contributed by atoms with van der Waals surface area (Å²) in [6, 6.07) is 30.9. The Morgan fingerprint density at radius 2 is 1.48 bits per heavy atom. The number of carbonyl (C=O) groups excluding carboxylic acids is 1. The Bertz CT molecular complexity index is 1400. The number of carbonyl (C=O) groups is 1. The molecule has 0 heterocycles. The fraction of sp³-hybridized carbons (Fsp3) is 0.265. The Balaban J connectivity index is 1.38. The molecule has 0 aromatic heterocycles. The third-order valence-corrected chi connectivity index (χ3v) is 7.02. The maximum atomic E-state index is 12.6. The number of nitrogens with zero attached hydrogens (tertiary/aromatic N) is 1. The molecule has 0 bridgehead atoms. The Kier molecular flexibility index (Phi) is 9.25. The number of β-amino-alcohol motifs (C(OH)–C–C–N with tert-alkyl or cyclic N) is 1. The second-order valence-corrected chi connectivity index (χ2v) is 10.9. The van der Waals surface area contributed by atoms with E-state index in [9.17, 15) is 20.1 Å². The van der Waals surface area contributed by atoms with Gasteiger partial charge in [-0.05, 0) is 78.8 Å². The number of rotatable bonds is 11. The molecule has 0 spiro atoms. The molecule has 208 valence electrons. The summed E-state index contributed by atoms with van der Waals surface area (Å²) in [6.07, 6.45) is 0.526. The number of amides is 1. The molecule has 4 aromatic carbocycles. The van der Waals surface area contributed by atoms with Crippen LogP contribution in [0.5, 0.6) is 11.5 Å². The minimum atomic E-state index is -0.890. The molecule has 0 saturated carbocycles. The van der Waals surface area contributed by atoms with Crippen LogP contribution in [0.1, 0.15) is 43.6 Å². The zero-order valence-electron chi connectivity index (χ0n) is 23.3. The van der Waals surface area contributed by atoms with E-state index in [4.69, 9.17) is 0 Å². The number of aliphatic hydroxyl groups excluding tert-OH is 1. The van der Waals surface area contributed by atoms with Crippen LogP contribution in [0.2, 0.25) is 0 Å². The number of aromatic hydroxyl groups is 2. The van der Waals surface area contributed by atoms with E-state index in [2.05, 4.69) is 41.7 Å². The van der Waals surface area contributed by atoms with Gasteiger partial charge in [0.25, 0.3) is 0 Å². The zero-order valence-corrected chi connectivity index (χ0v) is 23.3. The van der Waals surface area contributed by atoms with Crippen LogP contribution in [-0.2, 0) is 17.6 Å². The first-order valence-electron chi connectivity index (χ1n) is 13.6. The first kappa shape index (κ1) is 28.9. The largest absolute Gasteiger partial charge is 0.508 e. The fourth-order valence-electron chi connectivity index (χ4n) is 4.91. The number of hydrogen-bond donors (Lipinski definition) is 4. The van der Waals surface area contributed by atoms with Gasteiger partial charge < -0.3 is 25.5 Å². The van der Waals surface area contributed by atoms with Crippen LogP contribution in [0.15, 0.2) is 97.1 Å². The quantitative estimate of drug-likeness (QED) is 0.188. The molecule has 1 unspecified atom stereocenters. The third kappa shape index (κ3) is 7.94. The van der Waals surface area contributed by atoms with Gasteiger partial charge in [-0.2, -0.15) is 0 Å². The molecule has 6 heteroatoms. The van der Waals surface area contributed by atoms with E-state index in [1.807, 2.05) is 61.2 Å². The van der Waals surface area contributed by atoms with Gasteiger partial charge in [0.15, 0.2) is 0 Å². The molecular weight excluding hydrogens is 500 g/mol. The van der Waals surface area contributed by atoms with Gasteiger partial charge in [-0.15, -0.1) is 0 Å². The van der Waals surface area contributed by atoms with Gasteiger partial charge in [0.05, 0.1) is 6.10 Å². The summed E-state index contributed by atoms with van der Waals surface area (Å²) in [6.45, 7) is 6.52. The number of phenolic OH excluding ortho intramolecular Hbond substituents is 2. The maximum absolute atomic E-state index is 12.6. The van der Waals surface area contributed by atoms with Gasteiger partial charge in [0.1, 0.15) is 11.5 Å². The van der Waals surface area contributed by atoms with Gasteiger partial charge >= 0.3 is 0 Å². The lowest BCUT2D eigenvalue weighted by atomic mass is 9.94. The monoisotopic (exact) mass is 538 g/mol. The molecule has 4 N–H and O–H groups in total. The van der Waals surface area contributed by atoms with Crippen molar-refractivity contribution in [3.8, 4) is 22.6 Å². The molecule has 1 atom stereocenters. The van der Waals surface area contributed by atoms with Gasteiger partial charge in [-0.1, -0.05) is 66.7 Å². The van der Waals surface area contributed by atoms with Gasteiger partial charge in [-0.3, -0.25) is 4.79 Å². The van der Waals surface area contributed by atoms with E-state index < -0.39 is 6.10 Å². The first-order chi connectivity index (χ1) is 19.1. The Hall–Kier alpha value is -4.13. The highest BCUT2D eigenvalue weighted by Gasteiger charge is 2.21. The van der Waals surface area contributed by atoms with Crippen molar-refractivity contribution >= 4 is 11.6 Å². The number of benzene rings is 4. The molecule has 0 saturated heterocycles. The van der Waals surface area contributed by atoms with E-state index in [0.29, 0.717) is 18.5 Å². The molecule has 0 fully saturated rings. The molecule has 1 amide bonds. The van der Waals surface area contributed by atoms with E-state index in [1.54, 1.807) is 6.92 Å². The molecule has 0 aliphatic carbocycles. The lowest BCUT2D eigenvalue weighted by Crippen LogP contribution is -2.43. The highest BCUT2D eigenvalue weighted by atomic mass is 16.3. The summed E-state index contributed by atoms with van der Waals surface area (Å²) < 4.78 is 0. The van der Waals surface area contributed by atoms with Crippen molar-refractivity contribution in [3.63, 3.8) is 0 Å². The van der Waals surface area contributed by atoms with Crippen molar-refractivity contribution in [2.24, 2.45) is 0 Å². The molecule has 4 aromatic rings. The predicted octanol–water partition coefficient (Wildman–Crippen LogP) is 6.00. The minimum Gasteiger partial charge on any atom is -0.508 e. The van der Waals surface area contributed by atoms with Gasteiger partial charge in [0.2, 0.25) is 5.91 Å². The minimum absolute atomic E-state index is 0.00655. The maximum Gasteiger partial charge on any atom is 0.223 e. The summed E-state index contributed by atoms with van der Waals surface area (Å²) in [4.78, 5) is 14.4. The number of aliphatic hydroxyl groups is 1. The van der Waals surface area contributed by atoms with Crippen LogP contribution in [-0.4, -0.2) is 39.9 Å². The molecule has 0 radical (unpaired) electrons. The predicted molar refractivity (Wildman–Crippen MR) is 161 cm³/mol. The molecule has 0 aliphatic heterocycles. The molecule has 40 heavy (non-hydrogen) atoms. The molecule has 0 aliphatic rings. The second kappa shape index (κ2) is 12.8. The van der Waals surface area contributed by atoms with Crippen LogP contribution in [0.25, 0.3) is 11.1 Å². The lowest BCUT2D eigenvalue weighted by Gasteiger charge is -2.29. The van der Waals surface area contributed by atoms with Crippen molar-refractivity contribution < 1.29 is 20.1 Å². The lowest BCUT2D eigenvalue weighted by molar-refractivity contribution is -0.116. The van der Waals surface area contributed by atoms with Crippen LogP contribution >= 0.6 is 0 Å². The Morgan fingerprint density at radius 1 is 0.825 bits per heavy atom. The van der Waals surface area contributed by atoms with Crippen molar-refractivity contribution in [2.75, 3.05) is 18.0 Å². The third-order valence-electron chi connectivity index (χ3n) is 7.02. The summed E-state index contributed by atoms with van der Waals surface area (Å²) in [5, 5.41) is 33.4. The normalized spacial score (nSPS) is 12.2. The van der Waals surface area contributed by atoms with Crippen LogP contribution in [0, 0.1) is 0 Å². The summed E-state index contributed by atoms with van der Waals surface area (Å²) in [7, 11) is 0. The fourth-order valence-corrected chi connectivity index (χ4v) is 4.91. The number of phenols is 2. The van der Waals surface area contributed by atoms with Crippen molar-refractivity contribution in [1.29, 1.82) is 0 Å². The SMILES string of the molecule is CC(=O)N(CCc1ccc(-c2ccccc2)cc1)c1cccc(CC(C)(C)NCC(O)c2cc(O)cc(O)c2)c1. The summed E-state index contributed by atoms with van der Waals surface area (Å²) in [5.74, 6) is -0.193. The summed E-state index contributed by atoms with van der Waals surface area (Å²) in [5.41, 5.74) is 5.53. The van der Waals surface area contributed by atoms with Crippen LogP contribution in [0.4, 0.5) is 5.69 Å². The van der Waals surface area contributed by atoms with E-state index in [0.717, 1.165) is 17.7 Å². The van der Waals surface area contributed by atoms with Crippen molar-refractivity contribution in [1.82, 2.24) is 5.32 Å². The first-order valence-corrected chi connectivity index (χ1v) is 13.6. The smallest absolute Gasteiger partial charge is 0.223 e. The Labute approximate surface area is 236 Å². The molecular formula is C34H38N2O4. The standard InChI is InChI=1S/C34H38N2O4/c1-24(37)36(17-16-25-12-14-28(15-13-25)27-9-5-4-6-10-27)30-11-7-8-26(18-30)22-34(2,3)35-23-33(40)29-19-31(38)21-32(39)20-29/h4-15,18-21,33,35,38-40H,16-17,22-23H2,1-3H3. The van der Waals surface area contributed by atoms with Gasteiger partial charge in [-0.25, -0.2) is 0 Å². The van der Waals surface area contributed by atoms with Crippen LogP contribution < -0.4 is 10.2 Å². The second-order valence-electron chi connectivity index (χ2n) is 10.9. The highest BCUT2D eigenvalue weighted by Crippen LogP contribution is 2.26. The summed E-state index contributed by atoms with van der Waals surface area (Å²) >= 11 is 0. The van der Waals surface area contributed by atoms with Crippen molar-refractivity contribution in [2.45, 2.75) is 45.3 Å². The topological polar surface area (TPSA) is 93.0 Å². The van der Waals surface area contributed by atoms with E-state index in [1.165, 1.54) is 34.9 Å². The van der Waals surface area contributed by atoms with E-state index >= 15 is 0 Å². The molecule has 4 rings (SSSR count). The Morgan fingerprint density at radius 3 is 2.12 bits per heavy atom. The van der Waals surface area contributed by atoms with Crippen molar-refractivity contribution in [3.05, 3.63) is 114 Å².